The van der Waals surface area contributed by atoms with E-state index in [9.17, 15) is 0 Å². The molecule has 0 spiro atoms. The quantitative estimate of drug-likeness (QED) is 0.546. The number of nitrogens with zero attached hydrogens (tertiary/aromatic N) is 1. The van der Waals surface area contributed by atoms with Crippen molar-refractivity contribution < 1.29 is 4.84 Å². The molecule has 0 aromatic carbocycles. The third-order valence-electron chi connectivity index (χ3n) is 1.32. The van der Waals surface area contributed by atoms with E-state index in [0.717, 1.165) is 15.6 Å². The first-order valence-electron chi connectivity index (χ1n) is 3.65. The molecule has 0 aliphatic heterocycles. The highest BCUT2D eigenvalue weighted by Crippen LogP contribution is 2.20. The smallest absolute Gasteiger partial charge is 0.114 e. The van der Waals surface area contributed by atoms with E-state index in [1.165, 1.54) is 11.3 Å². The molecule has 66 valence electrons. The molecule has 0 saturated carbocycles. The molecule has 1 aromatic rings. The van der Waals surface area contributed by atoms with Gasteiger partial charge in [-0.25, -0.2) is 0 Å². The van der Waals surface area contributed by atoms with Crippen molar-refractivity contribution in [2.75, 3.05) is 6.61 Å². The zero-order chi connectivity index (χ0) is 8.97. The Labute approximate surface area is 80.8 Å². The highest BCUT2D eigenvalue weighted by Gasteiger charge is 2.00. The van der Waals surface area contributed by atoms with E-state index < -0.39 is 0 Å². The maximum Gasteiger partial charge on any atom is 0.114 e. The summed E-state index contributed by atoms with van der Waals surface area (Å²) in [6.45, 7) is 4.39. The average molecular weight is 204 g/mol. The summed E-state index contributed by atoms with van der Waals surface area (Å²) in [5, 5.41) is 5.85. The maximum atomic E-state index is 5.76. The average Bonchev–Trinajstić information content (AvgIpc) is 2.47. The summed E-state index contributed by atoms with van der Waals surface area (Å²) < 4.78 is 0.774. The van der Waals surface area contributed by atoms with Crippen molar-refractivity contribution in [1.29, 1.82) is 0 Å². The van der Waals surface area contributed by atoms with E-state index in [0.29, 0.717) is 6.61 Å². The van der Waals surface area contributed by atoms with E-state index in [1.54, 1.807) is 0 Å². The van der Waals surface area contributed by atoms with Crippen molar-refractivity contribution in [3.63, 3.8) is 0 Å². The summed E-state index contributed by atoms with van der Waals surface area (Å²) in [5.74, 6) is 0. The maximum absolute atomic E-state index is 5.76. The first kappa shape index (κ1) is 9.55. The SMILES string of the molecule is CCO/N=C(\C)c1csc(Cl)c1. The van der Waals surface area contributed by atoms with Gasteiger partial charge in [0, 0.05) is 10.9 Å². The molecule has 2 nitrogen and oxygen atoms in total. The molecule has 4 heteroatoms. The molecule has 0 atom stereocenters. The Morgan fingerprint density at radius 2 is 2.50 bits per heavy atom. The Kier molecular flexibility index (Phi) is 3.56. The normalized spacial score (nSPS) is 11.8. The summed E-state index contributed by atoms with van der Waals surface area (Å²) in [6.07, 6.45) is 0. The van der Waals surface area contributed by atoms with Crippen LogP contribution < -0.4 is 0 Å². The Morgan fingerprint density at radius 3 is 3.00 bits per heavy atom. The molecule has 0 saturated heterocycles. The summed E-state index contributed by atoms with van der Waals surface area (Å²) in [4.78, 5) is 4.91. The molecule has 1 rings (SSSR count). The molecular formula is C8H10ClNOS. The Hall–Kier alpha value is -0.540. The molecule has 1 aromatic heterocycles. The number of rotatable bonds is 3. The standard InChI is InChI=1S/C8H10ClNOS/c1-3-11-10-6(2)7-4-8(9)12-5-7/h4-5H,3H2,1-2H3/b10-6+. The molecule has 0 aliphatic rings. The lowest BCUT2D eigenvalue weighted by Gasteiger charge is -1.95. The van der Waals surface area contributed by atoms with E-state index in [-0.39, 0.29) is 0 Å². The minimum Gasteiger partial charge on any atom is -0.396 e. The van der Waals surface area contributed by atoms with Gasteiger partial charge >= 0.3 is 0 Å². The Balaban J connectivity index is 2.70. The van der Waals surface area contributed by atoms with Crippen LogP contribution in [0.3, 0.4) is 0 Å². The molecule has 0 fully saturated rings. The van der Waals surface area contributed by atoms with Crippen molar-refractivity contribution in [3.8, 4) is 0 Å². The fraction of sp³-hybridized carbons (Fsp3) is 0.375. The Bertz CT molecular complexity index is 282. The molecule has 0 aliphatic carbocycles. The minimum atomic E-state index is 0.592. The lowest BCUT2D eigenvalue weighted by Crippen LogP contribution is -1.93. The Morgan fingerprint density at radius 1 is 1.75 bits per heavy atom. The number of halogens is 1. The minimum absolute atomic E-state index is 0.592. The van der Waals surface area contributed by atoms with Crippen LogP contribution in [0.25, 0.3) is 0 Å². The van der Waals surface area contributed by atoms with Crippen LogP contribution in [0.15, 0.2) is 16.6 Å². The van der Waals surface area contributed by atoms with Crippen LogP contribution in [0, 0.1) is 0 Å². The second-order valence-corrected chi connectivity index (χ2v) is 3.78. The van der Waals surface area contributed by atoms with E-state index in [1.807, 2.05) is 25.3 Å². The lowest BCUT2D eigenvalue weighted by atomic mass is 10.2. The molecule has 0 bridgehead atoms. The van der Waals surface area contributed by atoms with Gasteiger partial charge in [-0.3, -0.25) is 0 Å². The summed E-state index contributed by atoms with van der Waals surface area (Å²) in [7, 11) is 0. The van der Waals surface area contributed by atoms with Gasteiger partial charge in [-0.15, -0.1) is 11.3 Å². The highest BCUT2D eigenvalue weighted by molar-refractivity contribution is 7.14. The molecule has 12 heavy (non-hydrogen) atoms. The van der Waals surface area contributed by atoms with Crippen molar-refractivity contribution >= 4 is 28.6 Å². The van der Waals surface area contributed by atoms with Gasteiger partial charge in [0.1, 0.15) is 6.61 Å². The zero-order valence-corrected chi connectivity index (χ0v) is 8.58. The second-order valence-electron chi connectivity index (χ2n) is 2.23. The number of hydrogen-bond acceptors (Lipinski definition) is 3. The van der Waals surface area contributed by atoms with Gasteiger partial charge in [-0.05, 0) is 19.9 Å². The lowest BCUT2D eigenvalue weighted by molar-refractivity contribution is 0.159. The molecule has 0 N–H and O–H groups in total. The van der Waals surface area contributed by atoms with Crippen molar-refractivity contribution in [3.05, 3.63) is 21.3 Å². The van der Waals surface area contributed by atoms with Gasteiger partial charge in [0.05, 0.1) is 10.0 Å². The molecule has 0 radical (unpaired) electrons. The number of thiophene rings is 1. The van der Waals surface area contributed by atoms with Crippen molar-refractivity contribution in [1.82, 2.24) is 0 Å². The van der Waals surface area contributed by atoms with E-state index in [4.69, 9.17) is 16.4 Å². The molecule has 0 unspecified atom stereocenters. The fourth-order valence-electron chi connectivity index (χ4n) is 0.714. The topological polar surface area (TPSA) is 21.6 Å². The highest BCUT2D eigenvalue weighted by atomic mass is 35.5. The van der Waals surface area contributed by atoms with Crippen LogP contribution in [0.4, 0.5) is 0 Å². The first-order chi connectivity index (χ1) is 5.74. The summed E-state index contributed by atoms with van der Waals surface area (Å²) in [5.41, 5.74) is 1.89. The van der Waals surface area contributed by atoms with Crippen LogP contribution in [0.5, 0.6) is 0 Å². The van der Waals surface area contributed by atoms with Gasteiger partial charge in [0.15, 0.2) is 0 Å². The van der Waals surface area contributed by atoms with Crippen molar-refractivity contribution in [2.24, 2.45) is 5.16 Å². The predicted molar refractivity (Wildman–Crippen MR) is 53.2 cm³/mol. The van der Waals surface area contributed by atoms with Gasteiger partial charge < -0.3 is 4.84 Å². The van der Waals surface area contributed by atoms with E-state index in [2.05, 4.69) is 5.16 Å². The zero-order valence-electron chi connectivity index (χ0n) is 7.00. The van der Waals surface area contributed by atoms with Crippen LogP contribution in [-0.2, 0) is 4.84 Å². The summed E-state index contributed by atoms with van der Waals surface area (Å²) >= 11 is 7.26. The van der Waals surface area contributed by atoms with Crippen LogP contribution >= 0.6 is 22.9 Å². The van der Waals surface area contributed by atoms with Gasteiger partial charge in [0.2, 0.25) is 0 Å². The van der Waals surface area contributed by atoms with Crippen LogP contribution in [0.1, 0.15) is 19.4 Å². The molecular weight excluding hydrogens is 194 g/mol. The molecule has 0 amide bonds. The van der Waals surface area contributed by atoms with E-state index >= 15 is 0 Å². The predicted octanol–water partition coefficient (Wildman–Crippen LogP) is 3.16. The number of oxime groups is 1. The van der Waals surface area contributed by atoms with Gasteiger partial charge in [-0.2, -0.15) is 0 Å². The van der Waals surface area contributed by atoms with Gasteiger partial charge in [0.25, 0.3) is 0 Å². The number of hydrogen-bond donors (Lipinski definition) is 0. The third-order valence-corrected chi connectivity index (χ3v) is 2.41. The monoisotopic (exact) mass is 203 g/mol. The van der Waals surface area contributed by atoms with Crippen LogP contribution in [-0.4, -0.2) is 12.3 Å². The third kappa shape index (κ3) is 2.50. The first-order valence-corrected chi connectivity index (χ1v) is 4.90. The summed E-state index contributed by atoms with van der Waals surface area (Å²) in [6, 6.07) is 1.88. The fourth-order valence-corrected chi connectivity index (χ4v) is 1.64. The largest absolute Gasteiger partial charge is 0.396 e. The second kappa shape index (κ2) is 4.48. The van der Waals surface area contributed by atoms with Crippen molar-refractivity contribution in [2.45, 2.75) is 13.8 Å². The van der Waals surface area contributed by atoms with Crippen LogP contribution in [0.2, 0.25) is 4.34 Å². The molecule has 1 heterocycles. The van der Waals surface area contributed by atoms with Gasteiger partial charge in [-0.1, -0.05) is 16.8 Å².